The fourth-order valence-electron chi connectivity index (χ4n) is 2.44. The fourth-order valence-corrected chi connectivity index (χ4v) is 2.83. The summed E-state index contributed by atoms with van der Waals surface area (Å²) < 4.78 is 13.0. The van der Waals surface area contributed by atoms with Crippen molar-refractivity contribution < 1.29 is 9.47 Å². The van der Waals surface area contributed by atoms with Gasteiger partial charge in [-0.2, -0.15) is 0 Å². The van der Waals surface area contributed by atoms with Gasteiger partial charge in [0.2, 0.25) is 0 Å². The van der Waals surface area contributed by atoms with Crippen molar-refractivity contribution in [2.75, 3.05) is 6.61 Å². The van der Waals surface area contributed by atoms with Gasteiger partial charge in [-0.05, 0) is 35.9 Å². The molecule has 0 radical (unpaired) electrons. The number of hydrogen-bond donors (Lipinski definition) is 0. The molecule has 0 aliphatic rings. The molecule has 0 bridgehead atoms. The number of halogens is 3. The van der Waals surface area contributed by atoms with Crippen LogP contribution >= 0.6 is 39.1 Å². The first-order valence-corrected chi connectivity index (χ1v) is 9.21. The third kappa shape index (κ3) is 4.91. The van der Waals surface area contributed by atoms with Gasteiger partial charge in [0.1, 0.15) is 29.2 Å². The van der Waals surface area contributed by atoms with Gasteiger partial charge in [-0.3, -0.25) is 0 Å². The van der Waals surface area contributed by atoms with Crippen LogP contribution in [0.3, 0.4) is 0 Å². The van der Waals surface area contributed by atoms with Gasteiger partial charge in [0.25, 0.3) is 0 Å². The number of fused-ring (bicyclic) bond motifs is 1. The highest BCUT2D eigenvalue weighted by molar-refractivity contribution is 9.10. The maximum atomic E-state index is 6.02. The average molecular weight is 438 g/mol. The minimum atomic E-state index is 0.193. The van der Waals surface area contributed by atoms with Gasteiger partial charge in [-0.1, -0.05) is 75.5 Å². The molecule has 0 N–H and O–H groups in total. The van der Waals surface area contributed by atoms with Crippen LogP contribution in [0.1, 0.15) is 5.56 Å². The average Bonchev–Trinajstić information content (AvgIpc) is 2.61. The molecule has 0 fully saturated rings. The van der Waals surface area contributed by atoms with Crippen molar-refractivity contribution in [1.82, 2.24) is 0 Å². The summed E-state index contributed by atoms with van der Waals surface area (Å²) in [6, 6.07) is 19.9. The highest BCUT2D eigenvalue weighted by Gasteiger charge is 2.07. The summed E-state index contributed by atoms with van der Waals surface area (Å²) in [7, 11) is 0. The number of hydrogen-bond acceptors (Lipinski definition) is 2. The molecule has 0 aromatic heterocycles. The van der Waals surface area contributed by atoms with E-state index in [0.29, 0.717) is 13.2 Å². The molecular weight excluding hydrogens is 423 g/mol. The van der Waals surface area contributed by atoms with Crippen LogP contribution in [0.15, 0.2) is 75.7 Å². The van der Waals surface area contributed by atoms with Crippen LogP contribution in [-0.4, -0.2) is 6.61 Å². The van der Waals surface area contributed by atoms with Crippen molar-refractivity contribution in [3.05, 3.63) is 81.3 Å². The van der Waals surface area contributed by atoms with Gasteiger partial charge >= 0.3 is 0 Å². The zero-order valence-corrected chi connectivity index (χ0v) is 16.3. The molecule has 5 heteroatoms. The summed E-state index contributed by atoms with van der Waals surface area (Å²) in [6.07, 6.45) is 1.61. The van der Waals surface area contributed by atoms with Crippen LogP contribution < -0.4 is 9.47 Å². The van der Waals surface area contributed by atoms with E-state index in [9.17, 15) is 0 Å². The van der Waals surface area contributed by atoms with Gasteiger partial charge in [0.05, 0.1) is 0 Å². The van der Waals surface area contributed by atoms with E-state index in [0.717, 1.165) is 32.3 Å². The van der Waals surface area contributed by atoms with E-state index < -0.39 is 0 Å². The van der Waals surface area contributed by atoms with Gasteiger partial charge in [-0.25, -0.2) is 0 Å². The van der Waals surface area contributed by atoms with Crippen molar-refractivity contribution in [2.45, 2.75) is 6.61 Å². The first-order chi connectivity index (χ1) is 12.1. The Balaban J connectivity index is 1.81. The second kappa shape index (κ2) is 8.61. The first-order valence-electron chi connectivity index (χ1n) is 7.66. The predicted octanol–water partition coefficient (Wildman–Crippen LogP) is 6.88. The monoisotopic (exact) mass is 436 g/mol. The Morgan fingerprint density at radius 3 is 2.04 bits per heavy atom. The van der Waals surface area contributed by atoms with Crippen LogP contribution in [0, 0.1) is 0 Å². The van der Waals surface area contributed by atoms with Crippen molar-refractivity contribution in [1.29, 1.82) is 0 Å². The van der Waals surface area contributed by atoms with Crippen molar-refractivity contribution in [3.63, 3.8) is 0 Å². The van der Waals surface area contributed by atoms with E-state index >= 15 is 0 Å². The standard InChI is InChI=1S/C20H15BrCl2O2/c21-15-9-7-14(8-10-15)13-25-19-6-2-3-16-17(19)4-1-5-18(16)24-12-11-20(22)23/h1-11H,12-13H2. The molecule has 0 saturated carbocycles. The van der Waals surface area contributed by atoms with E-state index in [-0.39, 0.29) is 4.49 Å². The Labute approximate surface area is 165 Å². The second-order valence-corrected chi connectivity index (χ2v) is 7.25. The SMILES string of the molecule is ClC(Cl)=CCOc1cccc2c(OCc3ccc(Br)cc3)cccc12. The molecule has 0 saturated heterocycles. The third-order valence-electron chi connectivity index (χ3n) is 3.63. The normalized spacial score (nSPS) is 10.5. The third-order valence-corrected chi connectivity index (χ3v) is 4.46. The van der Waals surface area contributed by atoms with E-state index in [1.807, 2.05) is 60.7 Å². The summed E-state index contributed by atoms with van der Waals surface area (Å²) >= 11 is 14.7. The van der Waals surface area contributed by atoms with Gasteiger partial charge in [-0.15, -0.1) is 0 Å². The summed E-state index contributed by atoms with van der Waals surface area (Å²) in [5.74, 6) is 1.58. The lowest BCUT2D eigenvalue weighted by molar-refractivity contribution is 0.310. The predicted molar refractivity (Wildman–Crippen MR) is 108 cm³/mol. The Morgan fingerprint density at radius 2 is 1.44 bits per heavy atom. The molecule has 0 heterocycles. The molecule has 25 heavy (non-hydrogen) atoms. The Bertz CT molecular complexity index is 888. The van der Waals surface area contributed by atoms with Crippen LogP contribution in [0.25, 0.3) is 10.8 Å². The lowest BCUT2D eigenvalue weighted by Crippen LogP contribution is -1.97. The second-order valence-electron chi connectivity index (χ2n) is 5.33. The zero-order valence-electron chi connectivity index (χ0n) is 13.2. The lowest BCUT2D eigenvalue weighted by atomic mass is 10.1. The van der Waals surface area contributed by atoms with Crippen molar-refractivity contribution in [3.8, 4) is 11.5 Å². The quantitative estimate of drug-likeness (QED) is 0.418. The van der Waals surface area contributed by atoms with Crippen LogP contribution in [-0.2, 0) is 6.61 Å². The molecule has 0 amide bonds. The van der Waals surface area contributed by atoms with E-state index in [1.165, 1.54) is 0 Å². The molecule has 3 rings (SSSR count). The minimum Gasteiger partial charge on any atom is -0.489 e. The summed E-state index contributed by atoms with van der Waals surface area (Å²) in [4.78, 5) is 0. The molecule has 128 valence electrons. The van der Waals surface area contributed by atoms with Crippen LogP contribution in [0.5, 0.6) is 11.5 Å². The van der Waals surface area contributed by atoms with Gasteiger partial charge in [0.15, 0.2) is 0 Å². The number of benzene rings is 3. The zero-order chi connectivity index (χ0) is 17.6. The van der Waals surface area contributed by atoms with E-state index in [4.69, 9.17) is 32.7 Å². The Hall–Kier alpha value is -1.68. The molecule has 2 nitrogen and oxygen atoms in total. The van der Waals surface area contributed by atoms with Gasteiger partial charge in [0, 0.05) is 15.2 Å². The topological polar surface area (TPSA) is 18.5 Å². The first kappa shape index (κ1) is 18.1. The van der Waals surface area contributed by atoms with Crippen LogP contribution in [0.4, 0.5) is 0 Å². The van der Waals surface area contributed by atoms with Crippen molar-refractivity contribution in [2.24, 2.45) is 0 Å². The summed E-state index contributed by atoms with van der Waals surface area (Å²) in [6.45, 7) is 0.813. The number of rotatable bonds is 6. The fraction of sp³-hybridized carbons (Fsp3) is 0.100. The summed E-state index contributed by atoms with van der Waals surface area (Å²) in [5, 5.41) is 1.98. The smallest absolute Gasteiger partial charge is 0.127 e. The molecule has 0 aliphatic heterocycles. The largest absolute Gasteiger partial charge is 0.489 e. The molecule has 0 unspecified atom stereocenters. The maximum absolute atomic E-state index is 6.02. The molecule has 0 aliphatic carbocycles. The Kier molecular flexibility index (Phi) is 6.24. The Morgan fingerprint density at radius 1 is 0.840 bits per heavy atom. The van der Waals surface area contributed by atoms with Crippen molar-refractivity contribution >= 4 is 49.9 Å². The van der Waals surface area contributed by atoms with E-state index in [2.05, 4.69) is 15.9 Å². The highest BCUT2D eigenvalue weighted by Crippen LogP contribution is 2.32. The highest BCUT2D eigenvalue weighted by atomic mass is 79.9. The molecule has 3 aromatic rings. The van der Waals surface area contributed by atoms with Crippen LogP contribution in [0.2, 0.25) is 0 Å². The minimum absolute atomic E-state index is 0.193. The molecule has 0 spiro atoms. The number of ether oxygens (including phenoxy) is 2. The molecular formula is C20H15BrCl2O2. The molecule has 0 atom stereocenters. The van der Waals surface area contributed by atoms with Gasteiger partial charge < -0.3 is 9.47 Å². The van der Waals surface area contributed by atoms with E-state index in [1.54, 1.807) is 6.08 Å². The summed E-state index contributed by atoms with van der Waals surface area (Å²) in [5.41, 5.74) is 1.11. The lowest BCUT2D eigenvalue weighted by Gasteiger charge is -2.12. The maximum Gasteiger partial charge on any atom is 0.127 e. The molecule has 3 aromatic carbocycles.